The number of thioether (sulfide) groups is 1. The summed E-state index contributed by atoms with van der Waals surface area (Å²) in [5.74, 6) is -1.53. The van der Waals surface area contributed by atoms with Crippen molar-refractivity contribution in [3.05, 3.63) is 90.0 Å². The lowest BCUT2D eigenvalue weighted by Crippen LogP contribution is -2.28. The molecule has 2 amide bonds. The van der Waals surface area contributed by atoms with Crippen molar-refractivity contribution < 1.29 is 23.5 Å². The molecule has 4 rings (SSSR count). The molecule has 8 nitrogen and oxygen atoms in total. The van der Waals surface area contributed by atoms with Crippen molar-refractivity contribution in [3.63, 3.8) is 0 Å². The number of rotatable bonds is 9. The second kappa shape index (κ2) is 11.3. The molecule has 1 heterocycles. The largest absolute Gasteiger partial charge is 0.455 e. The summed E-state index contributed by atoms with van der Waals surface area (Å²) in [6.07, 6.45) is 0. The molecule has 9 heteroatoms. The van der Waals surface area contributed by atoms with Crippen molar-refractivity contribution in [2.24, 2.45) is 0 Å². The van der Waals surface area contributed by atoms with Gasteiger partial charge in [-0.25, -0.2) is 4.98 Å². The molecule has 0 aliphatic heterocycles. The number of benzene rings is 3. The molecule has 1 aromatic heterocycles. The van der Waals surface area contributed by atoms with Crippen LogP contribution in [0.4, 0.5) is 5.69 Å². The standard InChI is InChI=1S/C26H23N3O5S/c1-17(18-9-3-2-4-10-18)27-25(32)19-11-5-6-12-20(19)28-23(30)15-33-24(31)16-35-26-29-21-13-7-8-14-22(21)34-26/h2-14,17H,15-16H2,1H3,(H,27,32)(H,28,30). The normalized spacial score (nSPS) is 11.6. The lowest BCUT2D eigenvalue weighted by Gasteiger charge is -2.16. The number of carbonyl (C=O) groups excluding carboxylic acids is 3. The molecule has 0 bridgehead atoms. The number of fused-ring (bicyclic) bond motifs is 1. The van der Waals surface area contributed by atoms with Gasteiger partial charge in [0.05, 0.1) is 17.3 Å². The number of amides is 2. The summed E-state index contributed by atoms with van der Waals surface area (Å²) in [4.78, 5) is 41.5. The number of anilines is 1. The molecule has 0 aliphatic rings. The summed E-state index contributed by atoms with van der Waals surface area (Å²) in [6.45, 7) is 1.40. The minimum Gasteiger partial charge on any atom is -0.455 e. The van der Waals surface area contributed by atoms with Gasteiger partial charge in [0.2, 0.25) is 0 Å². The summed E-state index contributed by atoms with van der Waals surface area (Å²) in [5.41, 5.74) is 2.92. The number of nitrogens with one attached hydrogen (secondary N) is 2. The fourth-order valence-corrected chi connectivity index (χ4v) is 3.93. The van der Waals surface area contributed by atoms with Gasteiger partial charge in [0.15, 0.2) is 12.2 Å². The Bertz CT molecular complexity index is 1310. The van der Waals surface area contributed by atoms with Gasteiger partial charge in [-0.3, -0.25) is 14.4 Å². The second-order valence-corrected chi connectivity index (χ2v) is 8.52. The lowest BCUT2D eigenvalue weighted by atomic mass is 10.1. The Morgan fingerprint density at radius 2 is 1.69 bits per heavy atom. The number of hydrogen-bond acceptors (Lipinski definition) is 7. The van der Waals surface area contributed by atoms with Gasteiger partial charge in [-0.15, -0.1) is 0 Å². The Labute approximate surface area is 206 Å². The Morgan fingerprint density at radius 1 is 0.971 bits per heavy atom. The Hall–Kier alpha value is -4.11. The van der Waals surface area contributed by atoms with Crippen LogP contribution in [0.1, 0.15) is 28.9 Å². The van der Waals surface area contributed by atoms with Crippen LogP contribution in [-0.2, 0) is 14.3 Å². The highest BCUT2D eigenvalue weighted by molar-refractivity contribution is 7.99. The highest BCUT2D eigenvalue weighted by Gasteiger charge is 2.17. The van der Waals surface area contributed by atoms with Crippen LogP contribution in [-0.4, -0.2) is 35.1 Å². The van der Waals surface area contributed by atoms with Crippen molar-refractivity contribution >= 4 is 46.3 Å². The fourth-order valence-electron chi connectivity index (χ4n) is 3.30. The molecule has 0 radical (unpaired) electrons. The first-order valence-corrected chi connectivity index (χ1v) is 11.9. The van der Waals surface area contributed by atoms with E-state index in [1.165, 1.54) is 0 Å². The summed E-state index contributed by atoms with van der Waals surface area (Å²) in [5, 5.41) is 5.91. The van der Waals surface area contributed by atoms with Crippen LogP contribution in [0.2, 0.25) is 0 Å². The Balaban J connectivity index is 1.27. The zero-order valence-electron chi connectivity index (χ0n) is 18.9. The van der Waals surface area contributed by atoms with Crippen LogP contribution in [0.25, 0.3) is 11.1 Å². The summed E-state index contributed by atoms with van der Waals surface area (Å²) in [7, 11) is 0. The van der Waals surface area contributed by atoms with Crippen molar-refractivity contribution in [3.8, 4) is 0 Å². The fraction of sp³-hybridized carbons (Fsp3) is 0.154. The van der Waals surface area contributed by atoms with E-state index in [-0.39, 0.29) is 17.7 Å². The van der Waals surface area contributed by atoms with Crippen LogP contribution in [0.5, 0.6) is 0 Å². The third kappa shape index (κ3) is 6.48. The van der Waals surface area contributed by atoms with Crippen LogP contribution in [0.15, 0.2) is 88.5 Å². The molecule has 0 fully saturated rings. The number of esters is 1. The Kier molecular flexibility index (Phi) is 7.79. The predicted molar refractivity (Wildman–Crippen MR) is 133 cm³/mol. The average molecular weight is 490 g/mol. The SMILES string of the molecule is CC(NC(=O)c1ccccc1NC(=O)COC(=O)CSc1nc2ccccc2o1)c1ccccc1. The molecule has 35 heavy (non-hydrogen) atoms. The second-order valence-electron chi connectivity index (χ2n) is 7.60. The summed E-state index contributed by atoms with van der Waals surface area (Å²) in [6, 6.07) is 23.3. The molecular weight excluding hydrogens is 466 g/mol. The van der Waals surface area contributed by atoms with Crippen molar-refractivity contribution in [1.82, 2.24) is 10.3 Å². The maximum atomic E-state index is 12.8. The highest BCUT2D eigenvalue weighted by Crippen LogP contribution is 2.23. The van der Waals surface area contributed by atoms with E-state index in [1.807, 2.05) is 55.5 Å². The molecular formula is C26H23N3O5S. The maximum absolute atomic E-state index is 12.8. The number of aromatic nitrogens is 1. The van der Waals surface area contributed by atoms with E-state index in [4.69, 9.17) is 9.15 Å². The molecule has 2 N–H and O–H groups in total. The van der Waals surface area contributed by atoms with Gasteiger partial charge in [-0.2, -0.15) is 0 Å². The molecule has 4 aromatic rings. The first-order chi connectivity index (χ1) is 17.0. The van der Waals surface area contributed by atoms with Gasteiger partial charge in [-0.1, -0.05) is 66.4 Å². The predicted octanol–water partition coefficient (Wildman–Crippen LogP) is 4.59. The van der Waals surface area contributed by atoms with Gasteiger partial charge >= 0.3 is 5.97 Å². The minimum absolute atomic E-state index is 0.0591. The maximum Gasteiger partial charge on any atom is 0.316 e. The molecule has 178 valence electrons. The van der Waals surface area contributed by atoms with E-state index in [0.717, 1.165) is 17.3 Å². The third-order valence-electron chi connectivity index (χ3n) is 5.04. The van der Waals surface area contributed by atoms with Crippen molar-refractivity contribution in [2.75, 3.05) is 17.7 Å². The molecule has 0 spiro atoms. The third-order valence-corrected chi connectivity index (χ3v) is 5.85. The zero-order valence-corrected chi connectivity index (χ0v) is 19.7. The molecule has 1 unspecified atom stereocenters. The van der Waals surface area contributed by atoms with E-state index in [0.29, 0.717) is 27.6 Å². The van der Waals surface area contributed by atoms with E-state index >= 15 is 0 Å². The quantitative estimate of drug-likeness (QED) is 0.261. The van der Waals surface area contributed by atoms with E-state index in [1.54, 1.807) is 30.3 Å². The number of nitrogens with zero attached hydrogens (tertiary/aromatic N) is 1. The zero-order chi connectivity index (χ0) is 24.6. The lowest BCUT2D eigenvalue weighted by molar-refractivity contribution is -0.144. The summed E-state index contributed by atoms with van der Waals surface area (Å²) < 4.78 is 10.6. The number of hydrogen-bond donors (Lipinski definition) is 2. The number of para-hydroxylation sites is 3. The van der Waals surface area contributed by atoms with Crippen LogP contribution < -0.4 is 10.6 Å². The van der Waals surface area contributed by atoms with E-state index in [2.05, 4.69) is 15.6 Å². The first-order valence-electron chi connectivity index (χ1n) is 10.9. The molecule has 3 aromatic carbocycles. The molecule has 0 saturated carbocycles. The monoisotopic (exact) mass is 489 g/mol. The average Bonchev–Trinajstić information content (AvgIpc) is 3.30. The first kappa shape index (κ1) is 24.0. The highest BCUT2D eigenvalue weighted by atomic mass is 32.2. The Morgan fingerprint density at radius 3 is 2.49 bits per heavy atom. The molecule has 1 atom stereocenters. The van der Waals surface area contributed by atoms with Gasteiger partial charge in [0.1, 0.15) is 11.3 Å². The van der Waals surface area contributed by atoms with Crippen LogP contribution in [0, 0.1) is 0 Å². The van der Waals surface area contributed by atoms with Crippen molar-refractivity contribution in [2.45, 2.75) is 18.2 Å². The van der Waals surface area contributed by atoms with Crippen molar-refractivity contribution in [1.29, 1.82) is 0 Å². The topological polar surface area (TPSA) is 111 Å². The summed E-state index contributed by atoms with van der Waals surface area (Å²) >= 11 is 1.08. The van der Waals surface area contributed by atoms with Crippen LogP contribution in [0.3, 0.4) is 0 Å². The number of carbonyl (C=O) groups is 3. The van der Waals surface area contributed by atoms with Crippen LogP contribution >= 0.6 is 11.8 Å². The van der Waals surface area contributed by atoms with Gasteiger partial charge in [0, 0.05) is 0 Å². The van der Waals surface area contributed by atoms with Gasteiger partial charge in [0.25, 0.3) is 17.0 Å². The number of oxazole rings is 1. The van der Waals surface area contributed by atoms with Gasteiger partial charge in [-0.05, 0) is 36.8 Å². The van der Waals surface area contributed by atoms with E-state index in [9.17, 15) is 14.4 Å². The smallest absolute Gasteiger partial charge is 0.316 e. The minimum atomic E-state index is -0.588. The number of ether oxygens (including phenoxy) is 1. The molecule has 0 aliphatic carbocycles. The van der Waals surface area contributed by atoms with E-state index < -0.39 is 18.5 Å². The molecule has 0 saturated heterocycles. The van der Waals surface area contributed by atoms with Gasteiger partial charge < -0.3 is 19.8 Å².